The molecule has 1 fully saturated rings. The van der Waals surface area contributed by atoms with E-state index in [1.54, 1.807) is 12.2 Å². The zero-order valence-electron chi connectivity index (χ0n) is 11.9. The lowest BCUT2D eigenvalue weighted by Crippen LogP contribution is -2.21. The smallest absolute Gasteiger partial charge is 0.330 e. The molecule has 1 rings (SSSR count). The number of methoxy groups -OCH3 is 1. The van der Waals surface area contributed by atoms with Crippen molar-refractivity contribution >= 4 is 11.8 Å². The molecule has 0 heterocycles. The summed E-state index contributed by atoms with van der Waals surface area (Å²) in [5, 5.41) is 19.9. The first kappa shape index (κ1) is 16.6. The summed E-state index contributed by atoms with van der Waals surface area (Å²) in [4.78, 5) is 21.9. The lowest BCUT2D eigenvalue weighted by atomic mass is 9.88. The molecule has 0 aromatic heterocycles. The van der Waals surface area contributed by atoms with Crippen molar-refractivity contribution in [1.29, 1.82) is 0 Å². The maximum absolute atomic E-state index is 11.0. The Morgan fingerprint density at radius 2 is 1.95 bits per heavy atom. The Labute approximate surface area is 118 Å². The van der Waals surface area contributed by atoms with Gasteiger partial charge in [0, 0.05) is 24.8 Å². The van der Waals surface area contributed by atoms with Gasteiger partial charge in [-0.15, -0.1) is 0 Å². The molecule has 0 aromatic rings. The lowest BCUT2D eigenvalue weighted by molar-refractivity contribution is -0.134. The normalized spacial score (nSPS) is 30.2. The van der Waals surface area contributed by atoms with Gasteiger partial charge in [-0.05, 0) is 19.3 Å². The highest BCUT2D eigenvalue weighted by Gasteiger charge is 2.39. The molecule has 1 aliphatic carbocycles. The van der Waals surface area contributed by atoms with Crippen molar-refractivity contribution in [3.8, 4) is 0 Å². The van der Waals surface area contributed by atoms with Gasteiger partial charge < -0.3 is 19.7 Å². The van der Waals surface area contributed by atoms with E-state index in [0.717, 1.165) is 0 Å². The third kappa shape index (κ3) is 4.90. The molecular formula is C15H22O5. The number of aliphatic hydroxyl groups excluding tert-OH is 2. The molecule has 1 saturated carbocycles. The number of ether oxygens (including phenoxy) is 1. The summed E-state index contributed by atoms with van der Waals surface area (Å²) in [7, 11) is 1.30. The Morgan fingerprint density at radius 3 is 2.55 bits per heavy atom. The summed E-state index contributed by atoms with van der Waals surface area (Å²) < 4.78 is 4.46. The number of hydrogen-bond donors (Lipinski definition) is 2. The van der Waals surface area contributed by atoms with Gasteiger partial charge in [-0.3, -0.25) is 0 Å². The van der Waals surface area contributed by atoms with Gasteiger partial charge in [-0.1, -0.05) is 18.2 Å². The van der Waals surface area contributed by atoms with Crippen molar-refractivity contribution in [3.05, 3.63) is 24.3 Å². The maximum Gasteiger partial charge on any atom is 0.330 e. The minimum absolute atomic E-state index is 0.0758. The van der Waals surface area contributed by atoms with E-state index in [0.29, 0.717) is 19.3 Å². The molecule has 0 amide bonds. The van der Waals surface area contributed by atoms with Gasteiger partial charge in [0.05, 0.1) is 19.3 Å². The van der Waals surface area contributed by atoms with Gasteiger partial charge in [0.15, 0.2) is 0 Å². The predicted molar refractivity (Wildman–Crippen MR) is 73.8 cm³/mol. The van der Waals surface area contributed by atoms with E-state index >= 15 is 0 Å². The molecule has 4 atom stereocenters. The topological polar surface area (TPSA) is 83.8 Å². The van der Waals surface area contributed by atoms with Crippen molar-refractivity contribution in [2.45, 2.75) is 38.4 Å². The molecule has 112 valence electrons. The molecule has 0 bridgehead atoms. The van der Waals surface area contributed by atoms with E-state index in [4.69, 9.17) is 0 Å². The highest BCUT2D eigenvalue weighted by molar-refractivity contribution is 5.82. The van der Waals surface area contributed by atoms with Crippen LogP contribution in [0.4, 0.5) is 0 Å². The van der Waals surface area contributed by atoms with Gasteiger partial charge in [-0.2, -0.15) is 0 Å². The molecule has 0 radical (unpaired) electrons. The van der Waals surface area contributed by atoms with E-state index in [2.05, 4.69) is 4.74 Å². The third-order valence-electron chi connectivity index (χ3n) is 3.62. The average Bonchev–Trinajstić information content (AvgIpc) is 2.66. The van der Waals surface area contributed by atoms with Crippen molar-refractivity contribution in [2.75, 3.05) is 7.11 Å². The molecule has 2 N–H and O–H groups in total. The number of esters is 1. The highest BCUT2D eigenvalue weighted by Crippen LogP contribution is 2.36. The van der Waals surface area contributed by atoms with Crippen LogP contribution in [-0.4, -0.2) is 41.3 Å². The van der Waals surface area contributed by atoms with Crippen molar-refractivity contribution < 1.29 is 24.5 Å². The largest absolute Gasteiger partial charge is 0.466 e. The van der Waals surface area contributed by atoms with Crippen LogP contribution in [0.2, 0.25) is 0 Å². The van der Waals surface area contributed by atoms with Crippen LogP contribution in [0, 0.1) is 11.8 Å². The quantitative estimate of drug-likeness (QED) is 0.431. The average molecular weight is 282 g/mol. The van der Waals surface area contributed by atoms with Crippen molar-refractivity contribution in [2.24, 2.45) is 11.8 Å². The zero-order valence-corrected chi connectivity index (χ0v) is 11.9. The van der Waals surface area contributed by atoms with Gasteiger partial charge in [0.2, 0.25) is 0 Å². The fourth-order valence-electron chi connectivity index (χ4n) is 2.54. The molecule has 0 unspecified atom stereocenters. The molecule has 5 nitrogen and oxygen atoms in total. The third-order valence-corrected chi connectivity index (χ3v) is 3.62. The minimum Gasteiger partial charge on any atom is -0.466 e. The number of carbonyl (C=O) groups excluding carboxylic acids is 2. The zero-order chi connectivity index (χ0) is 15.1. The Morgan fingerprint density at radius 1 is 1.25 bits per heavy atom. The van der Waals surface area contributed by atoms with Crippen LogP contribution in [0.5, 0.6) is 0 Å². The number of rotatable bonds is 6. The summed E-state index contributed by atoms with van der Waals surface area (Å²) in [5.41, 5.74) is 0. The van der Waals surface area contributed by atoms with E-state index < -0.39 is 18.2 Å². The molecule has 1 aliphatic rings. The second-order valence-electron chi connectivity index (χ2n) is 5.12. The monoisotopic (exact) mass is 282 g/mol. The molecule has 0 spiro atoms. The first-order chi connectivity index (χ1) is 9.45. The SMILES string of the molecule is COC(=O)/C=C/C=C/[C@H]1[C@@H](CCC(C)=O)[C@H](O)C[C@@H]1O. The van der Waals surface area contributed by atoms with Crippen LogP contribution in [0.15, 0.2) is 24.3 Å². The Bertz CT molecular complexity index is 399. The Balaban J connectivity index is 2.63. The Hall–Kier alpha value is -1.46. The molecule has 0 aromatic carbocycles. The fourth-order valence-corrected chi connectivity index (χ4v) is 2.54. The highest BCUT2D eigenvalue weighted by atomic mass is 16.5. The van der Waals surface area contributed by atoms with Crippen molar-refractivity contribution in [1.82, 2.24) is 0 Å². The first-order valence-corrected chi connectivity index (χ1v) is 6.74. The van der Waals surface area contributed by atoms with Gasteiger partial charge in [-0.25, -0.2) is 4.79 Å². The van der Waals surface area contributed by atoms with Crippen LogP contribution in [0.25, 0.3) is 0 Å². The molecule has 0 aliphatic heterocycles. The number of Topliss-reactive ketones (excluding diaryl/α,β-unsaturated/α-hetero) is 1. The van der Waals surface area contributed by atoms with Crippen LogP contribution in [-0.2, 0) is 14.3 Å². The second kappa shape index (κ2) is 7.97. The van der Waals surface area contributed by atoms with Crippen LogP contribution >= 0.6 is 0 Å². The maximum atomic E-state index is 11.0. The molecule has 0 saturated heterocycles. The van der Waals surface area contributed by atoms with E-state index in [-0.39, 0.29) is 17.6 Å². The van der Waals surface area contributed by atoms with E-state index in [1.807, 2.05) is 0 Å². The fraction of sp³-hybridized carbons (Fsp3) is 0.600. The number of ketones is 1. The summed E-state index contributed by atoms with van der Waals surface area (Å²) in [6, 6.07) is 0. The van der Waals surface area contributed by atoms with Gasteiger partial charge >= 0.3 is 5.97 Å². The van der Waals surface area contributed by atoms with Crippen LogP contribution in [0.3, 0.4) is 0 Å². The Kier molecular flexibility index (Phi) is 6.61. The first-order valence-electron chi connectivity index (χ1n) is 6.74. The molecule has 20 heavy (non-hydrogen) atoms. The minimum atomic E-state index is -0.621. The van der Waals surface area contributed by atoms with Crippen molar-refractivity contribution in [3.63, 3.8) is 0 Å². The molecule has 5 heteroatoms. The lowest BCUT2D eigenvalue weighted by Gasteiger charge is -2.19. The number of hydrogen-bond acceptors (Lipinski definition) is 5. The number of aliphatic hydroxyl groups is 2. The molecular weight excluding hydrogens is 260 g/mol. The summed E-state index contributed by atoms with van der Waals surface area (Å²) >= 11 is 0. The van der Waals surface area contributed by atoms with Crippen LogP contribution < -0.4 is 0 Å². The van der Waals surface area contributed by atoms with E-state index in [9.17, 15) is 19.8 Å². The number of carbonyl (C=O) groups is 2. The second-order valence-corrected chi connectivity index (χ2v) is 5.12. The standard InChI is InChI=1S/C15H22O5/c1-10(16)7-8-12-11(13(17)9-14(12)18)5-3-4-6-15(19)20-2/h3-6,11-14,17-18H,7-9H2,1-2H3/b5-3+,6-4+/t11-,12+,13-,14+/m0/s1. The summed E-state index contributed by atoms with van der Waals surface area (Å²) in [6.07, 6.45) is 6.30. The predicted octanol–water partition coefficient (Wildman–Crippen LogP) is 0.999. The van der Waals surface area contributed by atoms with Gasteiger partial charge in [0.25, 0.3) is 0 Å². The van der Waals surface area contributed by atoms with E-state index in [1.165, 1.54) is 26.2 Å². The summed E-state index contributed by atoms with van der Waals surface area (Å²) in [6.45, 7) is 1.52. The summed E-state index contributed by atoms with van der Waals surface area (Å²) in [5.74, 6) is -0.704. The van der Waals surface area contributed by atoms with Crippen LogP contribution in [0.1, 0.15) is 26.2 Å². The van der Waals surface area contributed by atoms with Gasteiger partial charge in [0.1, 0.15) is 5.78 Å². The number of allylic oxidation sites excluding steroid dienone is 2.